The molecule has 0 bridgehead atoms. The molecule has 2 aromatic carbocycles. The van der Waals surface area contributed by atoms with Gasteiger partial charge in [0, 0.05) is 15.5 Å². The second-order valence-corrected chi connectivity index (χ2v) is 6.97. The highest BCUT2D eigenvalue weighted by Crippen LogP contribution is 2.26. The first-order valence-electron chi connectivity index (χ1n) is 7.85. The summed E-state index contributed by atoms with van der Waals surface area (Å²) in [5.74, 6) is -0.346. The van der Waals surface area contributed by atoms with Crippen LogP contribution in [0.15, 0.2) is 53.4 Å². The van der Waals surface area contributed by atoms with Crippen molar-refractivity contribution in [3.63, 3.8) is 0 Å². The number of anilines is 1. The molecule has 2 amide bonds. The summed E-state index contributed by atoms with van der Waals surface area (Å²) in [5, 5.41) is 5.50. The fourth-order valence-corrected chi connectivity index (χ4v) is 3.36. The normalized spacial score (nSPS) is 11.8. The third-order valence-corrected chi connectivity index (χ3v) is 5.02. The molecule has 0 unspecified atom stereocenters. The molecule has 0 radical (unpaired) electrons. The second-order valence-electron chi connectivity index (χ2n) is 5.55. The molecule has 25 heavy (non-hydrogen) atoms. The van der Waals surface area contributed by atoms with Crippen LogP contribution in [-0.2, 0) is 9.59 Å². The van der Waals surface area contributed by atoms with Crippen molar-refractivity contribution in [3.05, 3.63) is 59.1 Å². The van der Waals surface area contributed by atoms with Crippen molar-refractivity contribution in [2.24, 2.45) is 5.73 Å². The van der Waals surface area contributed by atoms with E-state index in [-0.39, 0.29) is 24.2 Å². The van der Waals surface area contributed by atoms with E-state index in [1.807, 2.05) is 54.7 Å². The number of hydrogen-bond donors (Lipinski definition) is 3. The lowest BCUT2D eigenvalue weighted by Crippen LogP contribution is -2.86. The first-order chi connectivity index (χ1) is 12.0. The van der Waals surface area contributed by atoms with E-state index >= 15 is 0 Å². The zero-order valence-corrected chi connectivity index (χ0v) is 15.4. The molecule has 7 heteroatoms. The zero-order valence-electron chi connectivity index (χ0n) is 13.9. The van der Waals surface area contributed by atoms with Gasteiger partial charge >= 0.3 is 0 Å². The van der Waals surface area contributed by atoms with Gasteiger partial charge in [-0.3, -0.25) is 9.59 Å². The number of hydrogen-bond acceptors (Lipinski definition) is 3. The quantitative estimate of drug-likeness (QED) is 0.615. The van der Waals surface area contributed by atoms with Crippen LogP contribution in [0.25, 0.3) is 0 Å². The van der Waals surface area contributed by atoms with Crippen LogP contribution < -0.4 is 16.4 Å². The average Bonchev–Trinajstić information content (AvgIpc) is 2.59. The van der Waals surface area contributed by atoms with Gasteiger partial charge in [0.2, 0.25) is 5.91 Å². The van der Waals surface area contributed by atoms with Crippen LogP contribution in [0.4, 0.5) is 5.69 Å². The Kier molecular flexibility index (Phi) is 7.31. The van der Waals surface area contributed by atoms with E-state index in [0.29, 0.717) is 10.7 Å². The topological polar surface area (TPSA) is 88.8 Å². The number of para-hydroxylation sites is 1. The third-order valence-electron chi connectivity index (χ3n) is 3.58. The van der Waals surface area contributed by atoms with Gasteiger partial charge < -0.3 is 16.4 Å². The summed E-state index contributed by atoms with van der Waals surface area (Å²) in [5.41, 5.74) is 6.85. The number of carbonyl (C=O) groups excluding carboxylic acids is 2. The van der Waals surface area contributed by atoms with Crippen molar-refractivity contribution in [1.29, 1.82) is 0 Å². The molecule has 0 aliphatic rings. The Labute approximate surface area is 156 Å². The minimum Gasteiger partial charge on any atom is -0.369 e. The largest absolute Gasteiger partial charge is 0.369 e. The Bertz CT molecular complexity index is 755. The minimum atomic E-state index is -0.395. The average molecular weight is 379 g/mol. The highest BCUT2D eigenvalue weighted by Gasteiger charge is 2.15. The molecule has 0 aliphatic carbocycles. The summed E-state index contributed by atoms with van der Waals surface area (Å²) in [6, 6.07) is 15.0. The molecule has 0 aromatic heterocycles. The van der Waals surface area contributed by atoms with E-state index in [9.17, 15) is 9.59 Å². The van der Waals surface area contributed by atoms with Crippen molar-refractivity contribution >= 4 is 40.9 Å². The molecular formula is C18H21ClN3O2S+. The molecular weight excluding hydrogens is 358 g/mol. The number of quaternary nitrogens is 1. The summed E-state index contributed by atoms with van der Waals surface area (Å²) in [4.78, 5) is 24.0. The number of nitrogens with one attached hydrogen (secondary N) is 1. The number of thioether (sulfide) groups is 1. The summed E-state index contributed by atoms with van der Waals surface area (Å²) >= 11 is 7.49. The summed E-state index contributed by atoms with van der Waals surface area (Å²) < 4.78 is 0. The van der Waals surface area contributed by atoms with Gasteiger partial charge in [0.25, 0.3) is 5.91 Å². The minimum absolute atomic E-state index is 0.0685. The van der Waals surface area contributed by atoms with Crippen LogP contribution in [0.3, 0.4) is 0 Å². The number of rotatable bonds is 8. The fourth-order valence-electron chi connectivity index (χ4n) is 2.30. The first-order valence-corrected chi connectivity index (χ1v) is 9.21. The Morgan fingerprint density at radius 3 is 2.60 bits per heavy atom. The van der Waals surface area contributed by atoms with Crippen molar-refractivity contribution < 1.29 is 14.9 Å². The van der Waals surface area contributed by atoms with Crippen LogP contribution in [0.5, 0.6) is 0 Å². The smallest absolute Gasteiger partial charge is 0.279 e. The lowest BCUT2D eigenvalue weighted by atomic mass is 10.1. The molecule has 5 nitrogen and oxygen atoms in total. The molecule has 0 spiro atoms. The van der Waals surface area contributed by atoms with Gasteiger partial charge in [0.05, 0.1) is 11.4 Å². The molecule has 2 rings (SSSR count). The van der Waals surface area contributed by atoms with E-state index < -0.39 is 5.91 Å². The number of halogens is 1. The molecule has 0 fully saturated rings. The number of amides is 2. The van der Waals surface area contributed by atoms with Gasteiger partial charge in [-0.15, -0.1) is 11.8 Å². The van der Waals surface area contributed by atoms with Crippen molar-refractivity contribution in [2.45, 2.75) is 17.9 Å². The van der Waals surface area contributed by atoms with E-state index in [4.69, 9.17) is 17.3 Å². The molecule has 2 aromatic rings. The Balaban J connectivity index is 1.92. The fraction of sp³-hybridized carbons (Fsp3) is 0.222. The Hall–Kier alpha value is -2.02. The summed E-state index contributed by atoms with van der Waals surface area (Å²) in [6.45, 7) is 2.27. The molecule has 0 saturated carbocycles. The maximum Gasteiger partial charge on any atom is 0.279 e. The highest BCUT2D eigenvalue weighted by atomic mass is 35.5. The highest BCUT2D eigenvalue weighted by molar-refractivity contribution is 8.00. The van der Waals surface area contributed by atoms with E-state index in [0.717, 1.165) is 10.5 Å². The first kappa shape index (κ1) is 19.3. The number of benzene rings is 2. The van der Waals surface area contributed by atoms with E-state index in [1.165, 1.54) is 11.8 Å². The number of primary amides is 1. The van der Waals surface area contributed by atoms with Crippen molar-refractivity contribution in [3.8, 4) is 0 Å². The molecule has 132 valence electrons. The molecule has 0 aliphatic heterocycles. The van der Waals surface area contributed by atoms with Gasteiger partial charge in [-0.2, -0.15) is 0 Å². The summed E-state index contributed by atoms with van der Waals surface area (Å²) in [7, 11) is 0. The predicted molar refractivity (Wildman–Crippen MR) is 102 cm³/mol. The maximum atomic E-state index is 12.2. The molecule has 1 atom stereocenters. The Morgan fingerprint density at radius 1 is 1.20 bits per heavy atom. The van der Waals surface area contributed by atoms with Crippen molar-refractivity contribution in [2.75, 3.05) is 17.6 Å². The summed E-state index contributed by atoms with van der Waals surface area (Å²) in [6.07, 6.45) is 0. The van der Waals surface area contributed by atoms with Crippen LogP contribution in [0.1, 0.15) is 18.5 Å². The van der Waals surface area contributed by atoms with Gasteiger partial charge in [-0.1, -0.05) is 41.9 Å². The van der Waals surface area contributed by atoms with Crippen molar-refractivity contribution in [1.82, 2.24) is 0 Å². The Morgan fingerprint density at radius 2 is 1.88 bits per heavy atom. The SMILES string of the molecule is C[C@@H]([NH2+]CC(=O)Nc1ccccc1SCC(N)=O)c1ccccc1Cl. The van der Waals surface area contributed by atoms with Gasteiger partial charge in [-0.25, -0.2) is 0 Å². The van der Waals surface area contributed by atoms with Gasteiger partial charge in [0.15, 0.2) is 6.54 Å². The number of carbonyl (C=O) groups is 2. The van der Waals surface area contributed by atoms with E-state index in [1.54, 1.807) is 6.07 Å². The van der Waals surface area contributed by atoms with Gasteiger partial charge in [0.1, 0.15) is 6.04 Å². The molecule has 5 N–H and O–H groups in total. The van der Waals surface area contributed by atoms with Crippen LogP contribution in [0, 0.1) is 0 Å². The molecule has 0 heterocycles. The molecule has 0 saturated heterocycles. The van der Waals surface area contributed by atoms with E-state index in [2.05, 4.69) is 5.32 Å². The third kappa shape index (κ3) is 6.08. The zero-order chi connectivity index (χ0) is 18.2. The monoisotopic (exact) mass is 378 g/mol. The number of nitrogens with two attached hydrogens (primary N) is 2. The van der Waals surface area contributed by atoms with Crippen LogP contribution >= 0.6 is 23.4 Å². The van der Waals surface area contributed by atoms with Crippen LogP contribution in [-0.4, -0.2) is 24.1 Å². The van der Waals surface area contributed by atoms with Crippen LogP contribution in [0.2, 0.25) is 5.02 Å². The maximum absolute atomic E-state index is 12.2. The van der Waals surface area contributed by atoms with Gasteiger partial charge in [-0.05, 0) is 25.1 Å². The predicted octanol–water partition coefficient (Wildman–Crippen LogP) is 2.18. The lowest BCUT2D eigenvalue weighted by molar-refractivity contribution is -0.682. The standard InChI is InChI=1S/C18H20ClN3O2S/c1-12(13-6-2-3-7-14(13)19)21-10-18(24)22-15-8-4-5-9-16(15)25-11-17(20)23/h2-9,12,21H,10-11H2,1H3,(H2,20,23)(H,22,24)/p+1/t12-/m1/s1. The lowest BCUT2D eigenvalue weighted by Gasteiger charge is -2.13. The second kappa shape index (κ2) is 9.46.